The van der Waals surface area contributed by atoms with Gasteiger partial charge in [0.05, 0.1) is 12.2 Å². The van der Waals surface area contributed by atoms with E-state index >= 15 is 0 Å². The highest BCUT2D eigenvalue weighted by Gasteiger charge is 2.20. The number of carboxylic acids is 1. The normalized spacial score (nSPS) is 16.1. The van der Waals surface area contributed by atoms with Crippen LogP contribution < -0.4 is 10.1 Å². The molecule has 8 heteroatoms. The molecule has 0 saturated heterocycles. The number of H-pyrrole nitrogens is 1. The van der Waals surface area contributed by atoms with Crippen molar-refractivity contribution in [1.29, 1.82) is 0 Å². The van der Waals surface area contributed by atoms with Crippen LogP contribution in [0.15, 0.2) is 30.6 Å². The van der Waals surface area contributed by atoms with E-state index in [-0.39, 0.29) is 23.0 Å². The number of aromatic carboxylic acids is 1. The molecule has 3 N–H and O–H groups in total. The van der Waals surface area contributed by atoms with Crippen LogP contribution in [0.3, 0.4) is 0 Å². The molecule has 1 amide bonds. The third kappa shape index (κ3) is 2.85. The van der Waals surface area contributed by atoms with Crippen LogP contribution >= 0.6 is 0 Å². The summed E-state index contributed by atoms with van der Waals surface area (Å²) in [6, 6.07) is 5.67. The molecule has 0 saturated carbocycles. The molecule has 0 spiro atoms. The SMILES string of the molecule is O=CNC1CCCc2ccc(Oc3cnc4[nH]cc(C(=O)O)c4n3)cc21. The van der Waals surface area contributed by atoms with E-state index in [1.165, 1.54) is 18.0 Å². The molecule has 3 aromatic rings. The number of aromatic nitrogens is 3. The molecule has 0 bridgehead atoms. The molecule has 4 rings (SSSR count). The lowest BCUT2D eigenvalue weighted by Crippen LogP contribution is -2.23. The molecule has 0 aliphatic heterocycles. The molecule has 1 aromatic carbocycles. The molecule has 1 atom stereocenters. The first-order valence-corrected chi connectivity index (χ1v) is 8.23. The Hall–Kier alpha value is -3.42. The predicted octanol–water partition coefficient (Wildman–Crippen LogP) is 2.57. The Labute approximate surface area is 148 Å². The zero-order chi connectivity index (χ0) is 18.1. The van der Waals surface area contributed by atoms with Crippen molar-refractivity contribution in [3.63, 3.8) is 0 Å². The molecule has 2 aromatic heterocycles. The number of carboxylic acid groups (broad SMARTS) is 1. The standard InChI is InChI=1S/C18H16N4O4/c23-9-21-14-3-1-2-10-4-5-11(6-12(10)14)26-15-8-20-17-16(22-15)13(7-19-17)18(24)25/h4-9,14H,1-3H2,(H,19,20)(H,21,23)(H,24,25). The smallest absolute Gasteiger partial charge is 0.339 e. The molecule has 1 aliphatic carbocycles. The van der Waals surface area contributed by atoms with Gasteiger partial charge in [-0.3, -0.25) is 4.79 Å². The molecule has 8 nitrogen and oxygen atoms in total. The van der Waals surface area contributed by atoms with Gasteiger partial charge in [0.15, 0.2) is 5.65 Å². The van der Waals surface area contributed by atoms with Crippen molar-refractivity contribution in [2.75, 3.05) is 0 Å². The van der Waals surface area contributed by atoms with Crippen molar-refractivity contribution in [2.45, 2.75) is 25.3 Å². The van der Waals surface area contributed by atoms with Crippen molar-refractivity contribution < 1.29 is 19.4 Å². The summed E-state index contributed by atoms with van der Waals surface area (Å²) < 4.78 is 5.79. The van der Waals surface area contributed by atoms with E-state index in [0.29, 0.717) is 17.8 Å². The van der Waals surface area contributed by atoms with Crippen LogP contribution in [0.25, 0.3) is 11.2 Å². The van der Waals surface area contributed by atoms with Gasteiger partial charge in [0.25, 0.3) is 0 Å². The molecule has 2 heterocycles. The van der Waals surface area contributed by atoms with Gasteiger partial charge in [0.2, 0.25) is 12.3 Å². The minimum Gasteiger partial charge on any atom is -0.478 e. The van der Waals surface area contributed by atoms with Crippen LogP contribution in [-0.2, 0) is 11.2 Å². The quantitative estimate of drug-likeness (QED) is 0.608. The average molecular weight is 352 g/mol. The fraction of sp³-hybridized carbons (Fsp3) is 0.222. The molecule has 0 radical (unpaired) electrons. The number of aryl methyl sites for hydroxylation is 1. The number of amides is 1. The average Bonchev–Trinajstić information content (AvgIpc) is 3.06. The predicted molar refractivity (Wildman–Crippen MR) is 92.2 cm³/mol. The number of benzene rings is 1. The minimum atomic E-state index is -1.08. The summed E-state index contributed by atoms with van der Waals surface area (Å²) in [5, 5.41) is 12.0. The second kappa shape index (κ2) is 6.47. The molecule has 26 heavy (non-hydrogen) atoms. The summed E-state index contributed by atoms with van der Waals surface area (Å²) in [6.07, 6.45) is 6.37. The maximum atomic E-state index is 11.2. The fourth-order valence-corrected chi connectivity index (χ4v) is 3.30. The van der Waals surface area contributed by atoms with E-state index in [4.69, 9.17) is 4.74 Å². The maximum Gasteiger partial charge on any atom is 0.339 e. The molecule has 132 valence electrons. The zero-order valence-corrected chi connectivity index (χ0v) is 13.7. The Morgan fingerprint density at radius 2 is 2.31 bits per heavy atom. The number of nitrogens with one attached hydrogen (secondary N) is 2. The summed E-state index contributed by atoms with van der Waals surface area (Å²) in [5.74, 6) is -0.320. The highest BCUT2D eigenvalue weighted by molar-refractivity contribution is 6.00. The fourth-order valence-electron chi connectivity index (χ4n) is 3.30. The summed E-state index contributed by atoms with van der Waals surface area (Å²) in [5.41, 5.74) is 2.88. The van der Waals surface area contributed by atoms with Crippen LogP contribution in [-0.4, -0.2) is 32.4 Å². The lowest BCUT2D eigenvalue weighted by molar-refractivity contribution is -0.110. The van der Waals surface area contributed by atoms with Crippen LogP contribution in [0.4, 0.5) is 0 Å². The molecule has 0 fully saturated rings. The first-order valence-electron chi connectivity index (χ1n) is 8.23. The van der Waals surface area contributed by atoms with Gasteiger partial charge in [0.1, 0.15) is 16.8 Å². The Kier molecular flexibility index (Phi) is 4.00. The van der Waals surface area contributed by atoms with Crippen molar-refractivity contribution in [2.24, 2.45) is 0 Å². The number of rotatable bonds is 5. The van der Waals surface area contributed by atoms with Crippen molar-refractivity contribution in [1.82, 2.24) is 20.3 Å². The number of nitrogens with zero attached hydrogens (tertiary/aromatic N) is 2. The summed E-state index contributed by atoms with van der Waals surface area (Å²) in [4.78, 5) is 33.2. The van der Waals surface area contributed by atoms with E-state index in [9.17, 15) is 14.7 Å². The first kappa shape index (κ1) is 16.1. The maximum absolute atomic E-state index is 11.2. The Bertz CT molecular complexity index is 998. The number of hydrogen-bond donors (Lipinski definition) is 3. The van der Waals surface area contributed by atoms with E-state index in [0.717, 1.165) is 24.8 Å². The molecular formula is C18H16N4O4. The lowest BCUT2D eigenvalue weighted by Gasteiger charge is -2.25. The van der Waals surface area contributed by atoms with E-state index < -0.39 is 5.97 Å². The zero-order valence-electron chi connectivity index (χ0n) is 13.7. The van der Waals surface area contributed by atoms with E-state index in [2.05, 4.69) is 20.3 Å². The van der Waals surface area contributed by atoms with Gasteiger partial charge in [-0.1, -0.05) is 6.07 Å². The second-order valence-electron chi connectivity index (χ2n) is 6.10. The van der Waals surface area contributed by atoms with Gasteiger partial charge in [-0.2, -0.15) is 0 Å². The number of ether oxygens (including phenoxy) is 1. The monoisotopic (exact) mass is 352 g/mol. The molecule has 1 aliphatic rings. The van der Waals surface area contributed by atoms with Crippen molar-refractivity contribution in [3.8, 4) is 11.6 Å². The van der Waals surface area contributed by atoms with Crippen molar-refractivity contribution in [3.05, 3.63) is 47.3 Å². The second-order valence-corrected chi connectivity index (χ2v) is 6.10. The molecule has 1 unspecified atom stereocenters. The van der Waals surface area contributed by atoms with Crippen LogP contribution in [0.1, 0.15) is 40.4 Å². The summed E-state index contributed by atoms with van der Waals surface area (Å²) >= 11 is 0. The van der Waals surface area contributed by atoms with Gasteiger partial charge in [-0.25, -0.2) is 14.8 Å². The number of carbonyl (C=O) groups is 2. The topological polar surface area (TPSA) is 117 Å². The summed E-state index contributed by atoms with van der Waals surface area (Å²) in [7, 11) is 0. The highest BCUT2D eigenvalue weighted by Crippen LogP contribution is 2.33. The van der Waals surface area contributed by atoms with Crippen molar-refractivity contribution >= 4 is 23.5 Å². The van der Waals surface area contributed by atoms with Gasteiger partial charge in [0, 0.05) is 6.20 Å². The van der Waals surface area contributed by atoms with Gasteiger partial charge in [-0.15, -0.1) is 0 Å². The van der Waals surface area contributed by atoms with E-state index in [1.54, 1.807) is 0 Å². The van der Waals surface area contributed by atoms with E-state index in [1.807, 2.05) is 18.2 Å². The number of hydrogen-bond acceptors (Lipinski definition) is 5. The number of carbonyl (C=O) groups excluding carboxylic acids is 1. The molecular weight excluding hydrogens is 336 g/mol. The number of fused-ring (bicyclic) bond motifs is 2. The van der Waals surface area contributed by atoms with Gasteiger partial charge in [-0.05, 0) is 42.5 Å². The Morgan fingerprint density at radius 3 is 3.12 bits per heavy atom. The lowest BCUT2D eigenvalue weighted by atomic mass is 9.87. The Balaban J connectivity index is 1.66. The largest absolute Gasteiger partial charge is 0.478 e. The summed E-state index contributed by atoms with van der Waals surface area (Å²) in [6.45, 7) is 0. The Morgan fingerprint density at radius 1 is 1.42 bits per heavy atom. The van der Waals surface area contributed by atoms with Crippen LogP contribution in [0, 0.1) is 0 Å². The number of aromatic amines is 1. The van der Waals surface area contributed by atoms with Crippen LogP contribution in [0.5, 0.6) is 11.6 Å². The highest BCUT2D eigenvalue weighted by atomic mass is 16.5. The first-order chi connectivity index (χ1) is 12.7. The van der Waals surface area contributed by atoms with Gasteiger partial charge < -0.3 is 20.1 Å². The van der Waals surface area contributed by atoms with Crippen LogP contribution in [0.2, 0.25) is 0 Å². The third-order valence-corrected chi connectivity index (χ3v) is 4.51. The third-order valence-electron chi connectivity index (χ3n) is 4.51. The minimum absolute atomic E-state index is 0.0309. The van der Waals surface area contributed by atoms with Gasteiger partial charge >= 0.3 is 5.97 Å².